The van der Waals surface area contributed by atoms with Gasteiger partial charge in [-0.1, -0.05) is 45.0 Å². The molecule has 0 aliphatic heterocycles. The molecule has 0 fully saturated rings. The number of aromatic nitrogens is 1. The molecule has 1 aromatic heterocycles. The minimum Gasteiger partial charge on any atom is -0.340 e. The van der Waals surface area contributed by atoms with Gasteiger partial charge in [-0.25, -0.2) is 0 Å². The van der Waals surface area contributed by atoms with E-state index in [1.165, 1.54) is 28.2 Å². The topological polar surface area (TPSA) is 22.0 Å². The third kappa shape index (κ3) is 2.54. The Kier molecular flexibility index (Phi) is 4.02. The highest BCUT2D eigenvalue weighted by Crippen LogP contribution is 2.31. The van der Waals surface area contributed by atoms with E-state index in [0.29, 0.717) is 5.92 Å². The molecule has 2 aromatic carbocycles. The number of nitrogens with zero attached hydrogens (tertiary/aromatic N) is 1. The van der Waals surface area contributed by atoms with Crippen LogP contribution in [-0.4, -0.2) is 10.9 Å². The van der Waals surface area contributed by atoms with Crippen LogP contribution in [0.25, 0.3) is 21.8 Å². The van der Waals surface area contributed by atoms with Gasteiger partial charge in [0.25, 0.3) is 0 Å². The average molecular weight is 293 g/mol. The number of para-hydroxylation sites is 1. The molecule has 1 atom stereocenters. The number of fused-ring (bicyclic) bond motifs is 3. The largest absolute Gasteiger partial charge is 0.340 e. The van der Waals surface area contributed by atoms with Gasteiger partial charge in [0.05, 0.1) is 0 Å². The molecule has 114 valence electrons. The van der Waals surface area contributed by atoms with Crippen LogP contribution >= 0.6 is 0 Å². The lowest BCUT2D eigenvalue weighted by Crippen LogP contribution is -2.01. The fourth-order valence-corrected chi connectivity index (χ4v) is 3.06. The maximum absolute atomic E-state index is 11.1. The van der Waals surface area contributed by atoms with Crippen molar-refractivity contribution in [2.75, 3.05) is 0 Å². The van der Waals surface area contributed by atoms with Gasteiger partial charge >= 0.3 is 0 Å². The Labute approximate surface area is 131 Å². The lowest BCUT2D eigenvalue weighted by molar-refractivity contribution is -0.108. The first-order chi connectivity index (χ1) is 10.6. The van der Waals surface area contributed by atoms with Crippen LogP contribution in [-0.2, 0) is 11.3 Å². The minimum absolute atomic E-state index is 0.0535. The van der Waals surface area contributed by atoms with Gasteiger partial charge in [0, 0.05) is 34.3 Å². The summed E-state index contributed by atoms with van der Waals surface area (Å²) in [5.41, 5.74) is 3.65. The number of aryl methyl sites for hydroxylation is 1. The molecule has 0 radical (unpaired) electrons. The Hall–Kier alpha value is -2.09. The molecule has 0 spiro atoms. The number of hydrogen-bond donors (Lipinski definition) is 0. The molecule has 2 nitrogen and oxygen atoms in total. The van der Waals surface area contributed by atoms with Crippen molar-refractivity contribution < 1.29 is 4.79 Å². The zero-order valence-electron chi connectivity index (χ0n) is 13.5. The van der Waals surface area contributed by atoms with E-state index < -0.39 is 0 Å². The Morgan fingerprint density at radius 3 is 2.45 bits per heavy atom. The van der Waals surface area contributed by atoms with Crippen molar-refractivity contribution in [3.8, 4) is 0 Å². The third-order valence-electron chi connectivity index (χ3n) is 4.46. The molecule has 2 heteroatoms. The minimum atomic E-state index is -0.0535. The van der Waals surface area contributed by atoms with Crippen molar-refractivity contribution >= 4 is 28.1 Å². The quantitative estimate of drug-likeness (QED) is 0.597. The maximum atomic E-state index is 11.1. The van der Waals surface area contributed by atoms with Gasteiger partial charge in [-0.3, -0.25) is 0 Å². The summed E-state index contributed by atoms with van der Waals surface area (Å²) in [7, 11) is 0. The van der Waals surface area contributed by atoms with E-state index in [9.17, 15) is 4.79 Å². The Balaban J connectivity index is 2.22. The van der Waals surface area contributed by atoms with Crippen LogP contribution in [0, 0.1) is 5.92 Å². The summed E-state index contributed by atoms with van der Waals surface area (Å²) in [5.74, 6) is 0.632. The van der Waals surface area contributed by atoms with Crippen LogP contribution in [0.4, 0.5) is 0 Å². The van der Waals surface area contributed by atoms with Crippen molar-refractivity contribution in [3.63, 3.8) is 0 Å². The number of hydrogen-bond acceptors (Lipinski definition) is 1. The van der Waals surface area contributed by atoms with Crippen LogP contribution in [0.5, 0.6) is 0 Å². The second-order valence-corrected chi connectivity index (χ2v) is 6.55. The Bertz CT molecular complexity index is 813. The van der Waals surface area contributed by atoms with Gasteiger partial charge < -0.3 is 9.36 Å². The van der Waals surface area contributed by atoms with Gasteiger partial charge in [0.2, 0.25) is 0 Å². The molecular weight excluding hydrogens is 270 g/mol. The molecule has 0 N–H and O–H groups in total. The van der Waals surface area contributed by atoms with Crippen LogP contribution in [0.15, 0.2) is 42.5 Å². The second-order valence-electron chi connectivity index (χ2n) is 6.55. The first kappa shape index (κ1) is 14.8. The summed E-state index contributed by atoms with van der Waals surface area (Å²) >= 11 is 0. The molecule has 22 heavy (non-hydrogen) atoms. The van der Waals surface area contributed by atoms with E-state index in [0.717, 1.165) is 18.4 Å². The highest BCUT2D eigenvalue weighted by molar-refractivity contribution is 6.08. The highest BCUT2D eigenvalue weighted by atomic mass is 16.1. The van der Waals surface area contributed by atoms with Crippen LogP contribution in [0.1, 0.15) is 38.7 Å². The second kappa shape index (κ2) is 5.96. The summed E-state index contributed by atoms with van der Waals surface area (Å²) < 4.78 is 2.42. The summed E-state index contributed by atoms with van der Waals surface area (Å²) in [4.78, 5) is 11.1. The molecule has 0 saturated heterocycles. The standard InChI is InChI=1S/C20H23NO/c1-14(2)10-11-21-19-7-5-4-6-17(19)18-12-16(15(3)13-22)8-9-20(18)21/h4-9,12-15H,10-11H2,1-3H3. The number of rotatable bonds is 5. The highest BCUT2D eigenvalue weighted by Gasteiger charge is 2.12. The zero-order chi connectivity index (χ0) is 15.7. The summed E-state index contributed by atoms with van der Waals surface area (Å²) in [6.07, 6.45) is 2.18. The van der Waals surface area contributed by atoms with Crippen molar-refractivity contribution in [3.05, 3.63) is 48.0 Å². The monoisotopic (exact) mass is 293 g/mol. The van der Waals surface area contributed by atoms with Gasteiger partial charge in [0.1, 0.15) is 6.29 Å². The molecule has 0 aliphatic rings. The van der Waals surface area contributed by atoms with Gasteiger partial charge in [-0.2, -0.15) is 0 Å². The predicted molar refractivity (Wildman–Crippen MR) is 93.4 cm³/mol. The van der Waals surface area contributed by atoms with E-state index in [-0.39, 0.29) is 5.92 Å². The first-order valence-electron chi connectivity index (χ1n) is 8.08. The summed E-state index contributed by atoms with van der Waals surface area (Å²) in [5, 5.41) is 2.53. The molecule has 0 amide bonds. The fourth-order valence-electron chi connectivity index (χ4n) is 3.06. The lowest BCUT2D eigenvalue weighted by atomic mass is 10.0. The molecule has 1 unspecified atom stereocenters. The summed E-state index contributed by atoms with van der Waals surface area (Å²) in [6.45, 7) is 7.51. The van der Waals surface area contributed by atoms with E-state index >= 15 is 0 Å². The Morgan fingerprint density at radius 2 is 1.73 bits per heavy atom. The number of carbonyl (C=O) groups is 1. The smallest absolute Gasteiger partial charge is 0.127 e. The SMILES string of the molecule is CC(C)CCn1c2ccccc2c2cc(C(C)C=O)ccc21. The van der Waals surface area contributed by atoms with Gasteiger partial charge in [-0.15, -0.1) is 0 Å². The van der Waals surface area contributed by atoms with Gasteiger partial charge in [0.15, 0.2) is 0 Å². The Morgan fingerprint density at radius 1 is 1.00 bits per heavy atom. The molecular formula is C20H23NO. The number of benzene rings is 2. The first-order valence-corrected chi connectivity index (χ1v) is 8.08. The maximum Gasteiger partial charge on any atom is 0.127 e. The summed E-state index contributed by atoms with van der Waals surface area (Å²) in [6, 6.07) is 15.0. The third-order valence-corrected chi connectivity index (χ3v) is 4.46. The van der Waals surface area contributed by atoms with Crippen molar-refractivity contribution in [2.45, 2.75) is 39.7 Å². The molecule has 3 aromatic rings. The van der Waals surface area contributed by atoms with Crippen molar-refractivity contribution in [1.29, 1.82) is 0 Å². The van der Waals surface area contributed by atoms with Crippen LogP contribution in [0.2, 0.25) is 0 Å². The van der Waals surface area contributed by atoms with E-state index in [2.05, 4.69) is 60.9 Å². The van der Waals surface area contributed by atoms with E-state index in [1.807, 2.05) is 6.92 Å². The molecule has 0 saturated carbocycles. The van der Waals surface area contributed by atoms with Crippen molar-refractivity contribution in [2.24, 2.45) is 5.92 Å². The molecule has 1 heterocycles. The van der Waals surface area contributed by atoms with Crippen LogP contribution in [0.3, 0.4) is 0 Å². The average Bonchev–Trinajstić information content (AvgIpc) is 2.85. The fraction of sp³-hybridized carbons (Fsp3) is 0.350. The lowest BCUT2D eigenvalue weighted by Gasteiger charge is -2.10. The van der Waals surface area contributed by atoms with E-state index in [1.54, 1.807) is 0 Å². The van der Waals surface area contributed by atoms with E-state index in [4.69, 9.17) is 0 Å². The van der Waals surface area contributed by atoms with Crippen LogP contribution < -0.4 is 0 Å². The number of aldehydes is 1. The van der Waals surface area contributed by atoms with Gasteiger partial charge in [-0.05, 0) is 36.1 Å². The number of carbonyl (C=O) groups excluding carboxylic acids is 1. The predicted octanol–water partition coefficient (Wildman–Crippen LogP) is 5.14. The molecule has 3 rings (SSSR count). The molecule has 0 bridgehead atoms. The normalized spacial score (nSPS) is 13.1. The molecule has 0 aliphatic carbocycles. The van der Waals surface area contributed by atoms with Crippen molar-refractivity contribution in [1.82, 2.24) is 4.57 Å². The zero-order valence-corrected chi connectivity index (χ0v) is 13.5.